The van der Waals surface area contributed by atoms with Crippen LogP contribution in [0, 0.1) is 5.92 Å². The van der Waals surface area contributed by atoms with Crippen molar-refractivity contribution in [3.63, 3.8) is 0 Å². The number of hydrogen-bond donors (Lipinski definition) is 0. The minimum absolute atomic E-state index is 0.670. The normalized spacial score (nSPS) is 20.5. The first kappa shape index (κ1) is 7.58. The van der Waals surface area contributed by atoms with Crippen molar-refractivity contribution in [2.75, 3.05) is 6.61 Å². The van der Waals surface area contributed by atoms with E-state index in [1.807, 2.05) is 13.1 Å². The van der Waals surface area contributed by atoms with E-state index in [0.717, 1.165) is 0 Å². The summed E-state index contributed by atoms with van der Waals surface area (Å²) < 4.78 is 0. The summed E-state index contributed by atoms with van der Waals surface area (Å²) in [6.07, 6.45) is 6.96. The van der Waals surface area contributed by atoms with Gasteiger partial charge in [0.1, 0.15) is 6.61 Å². The minimum Gasteiger partial charge on any atom is -0.396 e. The second-order valence-corrected chi connectivity index (χ2v) is 2.52. The molecule has 1 rings (SSSR count). The van der Waals surface area contributed by atoms with Gasteiger partial charge in [0.15, 0.2) is 0 Å². The lowest BCUT2D eigenvalue weighted by molar-refractivity contribution is 0.160. The van der Waals surface area contributed by atoms with Crippen LogP contribution in [0.3, 0.4) is 0 Å². The summed E-state index contributed by atoms with van der Waals surface area (Å²) in [5, 5.41) is 3.81. The molecule has 1 radical (unpaired) electrons. The topological polar surface area (TPSA) is 21.6 Å². The van der Waals surface area contributed by atoms with Crippen LogP contribution in [0.5, 0.6) is 0 Å². The first-order valence-electron chi connectivity index (χ1n) is 3.93. The summed E-state index contributed by atoms with van der Waals surface area (Å²) in [5.74, 6) is 1.44. The van der Waals surface area contributed by atoms with Gasteiger partial charge in [-0.3, -0.25) is 0 Å². The van der Waals surface area contributed by atoms with Crippen molar-refractivity contribution >= 4 is 6.21 Å². The Kier molecular flexibility index (Phi) is 3.27. The van der Waals surface area contributed by atoms with Gasteiger partial charge in [0.25, 0.3) is 0 Å². The van der Waals surface area contributed by atoms with Gasteiger partial charge in [0.05, 0.1) is 6.21 Å². The molecule has 1 aliphatic rings. The van der Waals surface area contributed by atoms with Crippen LogP contribution >= 0.6 is 0 Å². The average Bonchev–Trinajstić information content (AvgIpc) is 2.41. The van der Waals surface area contributed by atoms with Crippen LogP contribution in [0.2, 0.25) is 0 Å². The molecule has 0 aliphatic heterocycles. The molecule has 10 heavy (non-hydrogen) atoms. The lowest BCUT2D eigenvalue weighted by Gasteiger charge is -1.97. The maximum atomic E-state index is 4.84. The van der Waals surface area contributed by atoms with Crippen LogP contribution in [0.4, 0.5) is 0 Å². The van der Waals surface area contributed by atoms with E-state index < -0.39 is 0 Å². The molecule has 1 aliphatic carbocycles. The van der Waals surface area contributed by atoms with Gasteiger partial charge >= 0.3 is 0 Å². The van der Waals surface area contributed by atoms with E-state index in [1.165, 1.54) is 31.6 Å². The largest absolute Gasteiger partial charge is 0.396 e. The van der Waals surface area contributed by atoms with Gasteiger partial charge in [-0.25, -0.2) is 0 Å². The summed E-state index contributed by atoms with van der Waals surface area (Å²) >= 11 is 0. The maximum Gasteiger partial charge on any atom is 0.114 e. The third-order valence-electron chi connectivity index (χ3n) is 1.68. The predicted octanol–water partition coefficient (Wildman–Crippen LogP) is 2.16. The van der Waals surface area contributed by atoms with Crippen molar-refractivity contribution in [2.45, 2.75) is 32.6 Å². The lowest BCUT2D eigenvalue weighted by atomic mass is 10.1. The maximum absolute atomic E-state index is 4.84. The molecule has 0 aromatic rings. The van der Waals surface area contributed by atoms with E-state index in [-0.39, 0.29) is 0 Å². The van der Waals surface area contributed by atoms with Crippen molar-refractivity contribution in [3.8, 4) is 0 Å². The van der Waals surface area contributed by atoms with E-state index in [2.05, 4.69) is 5.16 Å². The predicted molar refractivity (Wildman–Crippen MR) is 41.8 cm³/mol. The summed E-state index contributed by atoms with van der Waals surface area (Å²) in [6.45, 7) is 2.61. The molecule has 57 valence electrons. The van der Waals surface area contributed by atoms with Crippen LogP contribution in [-0.2, 0) is 4.84 Å². The highest BCUT2D eigenvalue weighted by molar-refractivity contribution is 5.74. The van der Waals surface area contributed by atoms with Crippen molar-refractivity contribution in [2.24, 2.45) is 5.16 Å². The molecule has 0 amide bonds. The molecule has 0 bridgehead atoms. The number of oxime groups is 1. The van der Waals surface area contributed by atoms with E-state index in [4.69, 9.17) is 4.84 Å². The molecule has 0 unspecified atom stereocenters. The lowest BCUT2D eigenvalue weighted by Crippen LogP contribution is -1.91. The summed E-state index contributed by atoms with van der Waals surface area (Å²) in [5.41, 5.74) is 0. The van der Waals surface area contributed by atoms with Crippen molar-refractivity contribution in [3.05, 3.63) is 5.92 Å². The SMILES string of the molecule is CCON=C[C]1CCCC1. The van der Waals surface area contributed by atoms with Gasteiger partial charge in [-0.2, -0.15) is 0 Å². The Morgan fingerprint density at radius 2 is 2.20 bits per heavy atom. The molecule has 0 aromatic heterocycles. The molecular weight excluding hydrogens is 126 g/mol. The summed E-state index contributed by atoms with van der Waals surface area (Å²) in [4.78, 5) is 4.84. The van der Waals surface area contributed by atoms with E-state index >= 15 is 0 Å². The Morgan fingerprint density at radius 1 is 1.50 bits per heavy atom. The van der Waals surface area contributed by atoms with Gasteiger partial charge in [-0.15, -0.1) is 0 Å². The first-order chi connectivity index (χ1) is 4.93. The molecule has 2 heteroatoms. The smallest absolute Gasteiger partial charge is 0.114 e. The van der Waals surface area contributed by atoms with E-state index in [1.54, 1.807) is 0 Å². The molecule has 0 N–H and O–H groups in total. The first-order valence-corrected chi connectivity index (χ1v) is 3.93. The standard InChI is InChI=1S/C8H14NO/c1-2-10-9-7-8-5-3-4-6-8/h7H,2-6H2,1H3. The van der Waals surface area contributed by atoms with Gasteiger partial charge < -0.3 is 4.84 Å². The highest BCUT2D eigenvalue weighted by atomic mass is 16.6. The Hall–Kier alpha value is -0.530. The molecule has 0 heterocycles. The highest BCUT2D eigenvalue weighted by Crippen LogP contribution is 2.24. The number of nitrogens with zero attached hydrogens (tertiary/aromatic N) is 1. The van der Waals surface area contributed by atoms with Crippen molar-refractivity contribution in [1.29, 1.82) is 0 Å². The van der Waals surface area contributed by atoms with Crippen LogP contribution < -0.4 is 0 Å². The number of hydrogen-bond acceptors (Lipinski definition) is 2. The van der Waals surface area contributed by atoms with Crippen LogP contribution in [0.1, 0.15) is 32.6 Å². The third-order valence-corrected chi connectivity index (χ3v) is 1.68. The van der Waals surface area contributed by atoms with E-state index in [9.17, 15) is 0 Å². The Balaban J connectivity index is 2.10. The Bertz CT molecular complexity index is 106. The fourth-order valence-corrected chi connectivity index (χ4v) is 1.14. The molecule has 1 saturated carbocycles. The van der Waals surface area contributed by atoms with Gasteiger partial charge in [-0.1, -0.05) is 18.0 Å². The quantitative estimate of drug-likeness (QED) is 0.435. The van der Waals surface area contributed by atoms with Gasteiger partial charge in [0, 0.05) is 5.92 Å². The van der Waals surface area contributed by atoms with Gasteiger partial charge in [-0.05, 0) is 19.8 Å². The molecular formula is C8H14NO. The minimum atomic E-state index is 0.670. The fourth-order valence-electron chi connectivity index (χ4n) is 1.14. The highest BCUT2D eigenvalue weighted by Gasteiger charge is 2.12. The Morgan fingerprint density at radius 3 is 2.80 bits per heavy atom. The van der Waals surface area contributed by atoms with Crippen molar-refractivity contribution in [1.82, 2.24) is 0 Å². The number of rotatable bonds is 3. The van der Waals surface area contributed by atoms with E-state index in [0.29, 0.717) is 6.61 Å². The van der Waals surface area contributed by atoms with Crippen LogP contribution in [0.25, 0.3) is 0 Å². The van der Waals surface area contributed by atoms with Crippen molar-refractivity contribution < 1.29 is 4.84 Å². The second kappa shape index (κ2) is 4.31. The third kappa shape index (κ3) is 2.38. The van der Waals surface area contributed by atoms with Crippen LogP contribution in [0.15, 0.2) is 5.16 Å². The van der Waals surface area contributed by atoms with Gasteiger partial charge in [0.2, 0.25) is 0 Å². The Labute approximate surface area is 62.3 Å². The second-order valence-electron chi connectivity index (χ2n) is 2.52. The summed E-state index contributed by atoms with van der Waals surface area (Å²) in [7, 11) is 0. The zero-order valence-corrected chi connectivity index (χ0v) is 6.47. The fraction of sp³-hybridized carbons (Fsp3) is 0.750. The monoisotopic (exact) mass is 140 g/mol. The zero-order chi connectivity index (χ0) is 7.23. The molecule has 0 spiro atoms. The summed E-state index contributed by atoms with van der Waals surface area (Å²) in [6, 6.07) is 0. The molecule has 2 nitrogen and oxygen atoms in total. The van der Waals surface area contributed by atoms with Crippen LogP contribution in [-0.4, -0.2) is 12.8 Å². The average molecular weight is 140 g/mol. The zero-order valence-electron chi connectivity index (χ0n) is 6.47. The molecule has 0 atom stereocenters. The molecule has 0 saturated heterocycles. The molecule has 0 aromatic carbocycles. The molecule has 1 fully saturated rings.